The summed E-state index contributed by atoms with van der Waals surface area (Å²) in [5, 5.41) is 8.84. The molecule has 0 aliphatic carbocycles. The van der Waals surface area contributed by atoms with Crippen molar-refractivity contribution in [3.05, 3.63) is 46.9 Å². The molecule has 2 aromatic rings. The van der Waals surface area contributed by atoms with Crippen LogP contribution in [-0.2, 0) is 0 Å². The fourth-order valence-corrected chi connectivity index (χ4v) is 1.58. The lowest BCUT2D eigenvalue weighted by Crippen LogP contribution is -2.15. The van der Waals surface area contributed by atoms with Gasteiger partial charge >= 0.3 is 0 Å². The maximum absolute atomic E-state index is 13.4. The summed E-state index contributed by atoms with van der Waals surface area (Å²) in [6.07, 6.45) is 0. The number of nitrogens with zero attached hydrogens (tertiary/aromatic N) is 1. The lowest BCUT2D eigenvalue weighted by molar-refractivity contribution is 0.102. The molecule has 1 amide bonds. The molecule has 2 N–H and O–H groups in total. The fraction of sp³-hybridized carbons (Fsp3) is 0.231. The molecule has 2 rings (SSSR count). The third-order valence-corrected chi connectivity index (χ3v) is 2.74. The number of aromatic nitrogens is 2. The van der Waals surface area contributed by atoms with E-state index in [0.717, 1.165) is 11.8 Å². The van der Waals surface area contributed by atoms with Gasteiger partial charge < -0.3 is 5.32 Å². The second-order valence-corrected chi connectivity index (χ2v) is 4.54. The van der Waals surface area contributed by atoms with Gasteiger partial charge in [-0.15, -0.1) is 0 Å². The van der Waals surface area contributed by atoms with Crippen LogP contribution < -0.4 is 5.32 Å². The highest BCUT2D eigenvalue weighted by molar-refractivity contribution is 6.03. The smallest absolute Gasteiger partial charge is 0.259 e. The molecule has 0 bridgehead atoms. The van der Waals surface area contributed by atoms with Crippen LogP contribution in [0.3, 0.4) is 0 Å². The Bertz CT molecular complexity index is 652. The SMILES string of the molecule is CC(C)c1cc(NC(=O)c2ccc(F)c(F)c2F)n[nH]1. The van der Waals surface area contributed by atoms with E-state index in [4.69, 9.17) is 0 Å². The van der Waals surface area contributed by atoms with Gasteiger partial charge in [0.2, 0.25) is 0 Å². The molecule has 0 radical (unpaired) electrons. The number of benzene rings is 1. The molecule has 1 aromatic heterocycles. The van der Waals surface area contributed by atoms with Crippen LogP contribution in [0.2, 0.25) is 0 Å². The molecule has 1 heterocycles. The van der Waals surface area contributed by atoms with Crippen LogP contribution in [0.25, 0.3) is 0 Å². The Balaban J connectivity index is 2.22. The third kappa shape index (κ3) is 2.66. The summed E-state index contributed by atoms with van der Waals surface area (Å²) < 4.78 is 39.3. The van der Waals surface area contributed by atoms with E-state index in [-0.39, 0.29) is 11.7 Å². The molecular formula is C13H12F3N3O. The number of nitrogens with one attached hydrogen (secondary N) is 2. The third-order valence-electron chi connectivity index (χ3n) is 2.74. The Labute approximate surface area is 113 Å². The van der Waals surface area contributed by atoms with E-state index >= 15 is 0 Å². The maximum atomic E-state index is 13.4. The van der Waals surface area contributed by atoms with Crippen LogP contribution in [0.4, 0.5) is 19.0 Å². The van der Waals surface area contributed by atoms with Gasteiger partial charge in [0.25, 0.3) is 5.91 Å². The van der Waals surface area contributed by atoms with Crippen molar-refractivity contribution in [1.82, 2.24) is 10.2 Å². The first kappa shape index (κ1) is 14.1. The first-order valence-electron chi connectivity index (χ1n) is 5.90. The number of carbonyl (C=O) groups is 1. The van der Waals surface area contributed by atoms with Crippen molar-refractivity contribution in [2.75, 3.05) is 5.32 Å². The van der Waals surface area contributed by atoms with E-state index in [2.05, 4.69) is 15.5 Å². The molecule has 0 atom stereocenters. The zero-order valence-electron chi connectivity index (χ0n) is 10.8. The standard InChI is InChI=1S/C13H12F3N3O/c1-6(2)9-5-10(19-18-9)17-13(20)7-3-4-8(14)12(16)11(7)15/h3-6H,1-2H3,(H2,17,18,19,20). The van der Waals surface area contributed by atoms with Gasteiger partial charge in [0.15, 0.2) is 23.3 Å². The van der Waals surface area contributed by atoms with Crippen molar-refractivity contribution < 1.29 is 18.0 Å². The molecule has 1 aromatic carbocycles. The van der Waals surface area contributed by atoms with E-state index in [0.29, 0.717) is 6.07 Å². The predicted octanol–water partition coefficient (Wildman–Crippen LogP) is 3.20. The summed E-state index contributed by atoms with van der Waals surface area (Å²) in [5.74, 6) is -5.09. The first-order valence-corrected chi connectivity index (χ1v) is 5.90. The number of anilines is 1. The largest absolute Gasteiger partial charge is 0.305 e. The second kappa shape index (κ2) is 5.36. The molecule has 4 nitrogen and oxygen atoms in total. The normalized spacial score (nSPS) is 10.9. The summed E-state index contributed by atoms with van der Waals surface area (Å²) in [6, 6.07) is 3.15. The molecule has 106 valence electrons. The molecule has 7 heteroatoms. The molecule has 0 spiro atoms. The number of hydrogen-bond acceptors (Lipinski definition) is 2. The van der Waals surface area contributed by atoms with Gasteiger partial charge in [0.1, 0.15) is 0 Å². The van der Waals surface area contributed by atoms with Crippen molar-refractivity contribution in [2.24, 2.45) is 0 Å². The summed E-state index contributed by atoms with van der Waals surface area (Å²) in [5.41, 5.74) is 0.198. The maximum Gasteiger partial charge on any atom is 0.259 e. The molecule has 0 aliphatic heterocycles. The van der Waals surface area contributed by atoms with Crippen LogP contribution in [-0.4, -0.2) is 16.1 Å². The van der Waals surface area contributed by atoms with Gasteiger partial charge in [-0.3, -0.25) is 9.89 Å². The highest BCUT2D eigenvalue weighted by atomic mass is 19.2. The quantitative estimate of drug-likeness (QED) is 0.850. The topological polar surface area (TPSA) is 57.8 Å². The monoisotopic (exact) mass is 283 g/mol. The average molecular weight is 283 g/mol. The molecule has 0 saturated heterocycles. The van der Waals surface area contributed by atoms with Gasteiger partial charge in [0.05, 0.1) is 5.56 Å². The van der Waals surface area contributed by atoms with Gasteiger partial charge in [-0.05, 0) is 18.1 Å². The van der Waals surface area contributed by atoms with E-state index in [1.54, 1.807) is 6.07 Å². The van der Waals surface area contributed by atoms with Crippen LogP contribution >= 0.6 is 0 Å². The number of hydrogen-bond donors (Lipinski definition) is 2. The summed E-state index contributed by atoms with van der Waals surface area (Å²) >= 11 is 0. The van der Waals surface area contributed by atoms with Crippen LogP contribution in [0.5, 0.6) is 0 Å². The molecular weight excluding hydrogens is 271 g/mol. The van der Waals surface area contributed by atoms with Gasteiger partial charge in [-0.1, -0.05) is 13.8 Å². The van der Waals surface area contributed by atoms with Crippen LogP contribution in [0.15, 0.2) is 18.2 Å². The zero-order valence-corrected chi connectivity index (χ0v) is 10.8. The predicted molar refractivity (Wildman–Crippen MR) is 66.9 cm³/mol. The minimum atomic E-state index is -1.68. The van der Waals surface area contributed by atoms with Crippen molar-refractivity contribution >= 4 is 11.7 Å². The first-order chi connectivity index (χ1) is 9.40. The number of amides is 1. The highest BCUT2D eigenvalue weighted by Crippen LogP contribution is 2.18. The molecule has 20 heavy (non-hydrogen) atoms. The lowest BCUT2D eigenvalue weighted by atomic mass is 10.1. The number of carbonyl (C=O) groups excluding carboxylic acids is 1. The van der Waals surface area contributed by atoms with Gasteiger partial charge in [-0.2, -0.15) is 5.10 Å². The Kier molecular flexibility index (Phi) is 3.78. The summed E-state index contributed by atoms with van der Waals surface area (Å²) in [7, 11) is 0. The van der Waals surface area contributed by atoms with E-state index in [1.807, 2.05) is 13.8 Å². The number of H-pyrrole nitrogens is 1. The van der Waals surface area contributed by atoms with Gasteiger partial charge in [0, 0.05) is 11.8 Å². The summed E-state index contributed by atoms with van der Waals surface area (Å²) in [4.78, 5) is 11.8. The van der Waals surface area contributed by atoms with Crippen LogP contribution in [0, 0.1) is 17.5 Å². The Hall–Kier alpha value is -2.31. The Morgan fingerprint density at radius 1 is 1.25 bits per heavy atom. The zero-order chi connectivity index (χ0) is 14.9. The number of rotatable bonds is 3. The Morgan fingerprint density at radius 2 is 1.95 bits per heavy atom. The van der Waals surface area contributed by atoms with Gasteiger partial charge in [-0.25, -0.2) is 13.2 Å². The fourth-order valence-electron chi connectivity index (χ4n) is 1.58. The van der Waals surface area contributed by atoms with Crippen molar-refractivity contribution in [3.63, 3.8) is 0 Å². The second-order valence-electron chi connectivity index (χ2n) is 4.54. The lowest BCUT2D eigenvalue weighted by Gasteiger charge is -2.04. The van der Waals surface area contributed by atoms with Crippen LogP contribution in [0.1, 0.15) is 35.8 Å². The molecule has 0 saturated carbocycles. The molecule has 0 aliphatic rings. The molecule has 0 fully saturated rings. The summed E-state index contributed by atoms with van der Waals surface area (Å²) in [6.45, 7) is 3.85. The van der Waals surface area contributed by atoms with Crippen molar-refractivity contribution in [1.29, 1.82) is 0 Å². The highest BCUT2D eigenvalue weighted by Gasteiger charge is 2.19. The van der Waals surface area contributed by atoms with Crippen molar-refractivity contribution in [2.45, 2.75) is 19.8 Å². The van der Waals surface area contributed by atoms with E-state index in [9.17, 15) is 18.0 Å². The number of halogens is 3. The number of aromatic amines is 1. The van der Waals surface area contributed by atoms with E-state index in [1.165, 1.54) is 0 Å². The van der Waals surface area contributed by atoms with Crippen molar-refractivity contribution in [3.8, 4) is 0 Å². The molecule has 0 unspecified atom stereocenters. The minimum absolute atomic E-state index is 0.174. The minimum Gasteiger partial charge on any atom is -0.305 e. The average Bonchev–Trinajstić information content (AvgIpc) is 2.84. The Morgan fingerprint density at radius 3 is 2.55 bits per heavy atom. The van der Waals surface area contributed by atoms with E-state index < -0.39 is 28.9 Å².